The van der Waals surface area contributed by atoms with E-state index in [-0.39, 0.29) is 0 Å². The molecule has 0 bridgehead atoms. The number of rotatable bonds is 3. The van der Waals surface area contributed by atoms with E-state index < -0.39 is 0 Å². The minimum absolute atomic E-state index is 0.773. The van der Waals surface area contributed by atoms with E-state index in [0.29, 0.717) is 0 Å². The summed E-state index contributed by atoms with van der Waals surface area (Å²) < 4.78 is 8.09. The Morgan fingerprint density at radius 3 is 2.82 bits per heavy atom. The highest BCUT2D eigenvalue weighted by molar-refractivity contribution is 9.10. The van der Waals surface area contributed by atoms with Gasteiger partial charge in [-0.2, -0.15) is 5.10 Å². The number of pyridine rings is 1. The van der Waals surface area contributed by atoms with Gasteiger partial charge in [-0.1, -0.05) is 6.58 Å². The van der Waals surface area contributed by atoms with Gasteiger partial charge in [0.2, 0.25) is 0 Å². The van der Waals surface area contributed by atoms with Gasteiger partial charge in [0.25, 0.3) is 0 Å². The number of hydrogen-bond donors (Lipinski definition) is 0. The van der Waals surface area contributed by atoms with Crippen LogP contribution in [0.25, 0.3) is 11.2 Å². The van der Waals surface area contributed by atoms with Crippen molar-refractivity contribution in [1.82, 2.24) is 14.5 Å². The third-order valence-electron chi connectivity index (χ3n) is 2.61. The molecule has 0 atom stereocenters. The number of hydrogen-bond acceptors (Lipinski definition) is 3. The third kappa shape index (κ3) is 2.02. The zero-order valence-electron chi connectivity index (χ0n) is 10.1. The fraction of sp³-hybridized carbons (Fsp3) is 0.250. The molecule has 0 spiro atoms. The monoisotopic (exact) mass is 295 g/mol. The van der Waals surface area contributed by atoms with Gasteiger partial charge in [0, 0.05) is 36.0 Å². The third-order valence-corrected chi connectivity index (χ3v) is 3.05. The summed E-state index contributed by atoms with van der Waals surface area (Å²) in [7, 11) is 5.56. The van der Waals surface area contributed by atoms with Crippen LogP contribution in [0.1, 0.15) is 5.56 Å². The van der Waals surface area contributed by atoms with Gasteiger partial charge in [-0.15, -0.1) is 0 Å². The summed E-state index contributed by atoms with van der Waals surface area (Å²) in [4.78, 5) is 1.96. The lowest BCUT2D eigenvalue weighted by atomic mass is 10.2. The molecule has 0 aliphatic rings. The second kappa shape index (κ2) is 4.41. The van der Waals surface area contributed by atoms with E-state index in [4.69, 9.17) is 4.74 Å². The van der Waals surface area contributed by atoms with E-state index in [0.717, 1.165) is 27.0 Å². The van der Waals surface area contributed by atoms with Crippen LogP contribution in [0.4, 0.5) is 0 Å². The van der Waals surface area contributed by atoms with E-state index >= 15 is 0 Å². The first-order valence-electron chi connectivity index (χ1n) is 5.12. The molecule has 0 aliphatic heterocycles. The minimum Gasteiger partial charge on any atom is -0.494 e. The van der Waals surface area contributed by atoms with Crippen LogP contribution in [0.3, 0.4) is 0 Å². The van der Waals surface area contributed by atoms with Crippen LogP contribution in [-0.4, -0.2) is 35.7 Å². The number of aromatic nitrogens is 2. The number of nitrogens with zero attached hydrogens (tertiary/aromatic N) is 3. The lowest BCUT2D eigenvalue weighted by Crippen LogP contribution is -2.08. The fourth-order valence-electron chi connectivity index (χ4n) is 1.66. The number of fused-ring (bicyclic) bond motifs is 1. The highest BCUT2D eigenvalue weighted by Crippen LogP contribution is 2.30. The predicted molar refractivity (Wildman–Crippen MR) is 72.2 cm³/mol. The van der Waals surface area contributed by atoms with Gasteiger partial charge in [-0.25, -0.2) is 4.52 Å². The van der Waals surface area contributed by atoms with Gasteiger partial charge in [0.15, 0.2) is 0 Å². The summed E-state index contributed by atoms with van der Waals surface area (Å²) in [6, 6.07) is 1.92. The van der Waals surface area contributed by atoms with Crippen molar-refractivity contribution in [2.24, 2.45) is 0 Å². The van der Waals surface area contributed by atoms with Crippen molar-refractivity contribution in [3.05, 3.63) is 35.1 Å². The average Bonchev–Trinajstić information content (AvgIpc) is 2.70. The molecule has 4 nitrogen and oxygen atoms in total. The van der Waals surface area contributed by atoms with Crippen molar-refractivity contribution in [2.75, 3.05) is 21.2 Å². The second-order valence-electron chi connectivity index (χ2n) is 3.92. The molecular formula is C12H14BrN3O. The largest absolute Gasteiger partial charge is 0.494 e. The highest BCUT2D eigenvalue weighted by Gasteiger charge is 2.14. The Balaban J connectivity index is 2.71. The Hall–Kier alpha value is -1.49. The van der Waals surface area contributed by atoms with Crippen molar-refractivity contribution in [1.29, 1.82) is 0 Å². The van der Waals surface area contributed by atoms with Gasteiger partial charge < -0.3 is 9.64 Å². The van der Waals surface area contributed by atoms with E-state index in [1.165, 1.54) is 0 Å². The van der Waals surface area contributed by atoms with Gasteiger partial charge in [-0.05, 0) is 22.0 Å². The Bertz CT molecular complexity index is 574. The molecule has 0 saturated carbocycles. The van der Waals surface area contributed by atoms with Gasteiger partial charge in [0.1, 0.15) is 11.3 Å². The average molecular weight is 296 g/mol. The van der Waals surface area contributed by atoms with Crippen molar-refractivity contribution in [2.45, 2.75) is 0 Å². The standard InChI is InChI=1S/C12H14BrN3O/c1-8(15(2)3)10-6-14-16-7-9(13)5-11(17-4)12(10)16/h5-7H,1H2,2-4H3. The first kappa shape index (κ1) is 12.0. The molecule has 17 heavy (non-hydrogen) atoms. The van der Waals surface area contributed by atoms with Crippen LogP contribution in [-0.2, 0) is 0 Å². The number of halogens is 1. The molecular weight excluding hydrogens is 282 g/mol. The number of ether oxygens (including phenoxy) is 1. The second-order valence-corrected chi connectivity index (χ2v) is 4.83. The summed E-state index contributed by atoms with van der Waals surface area (Å²) in [5.74, 6) is 0.773. The molecule has 2 aromatic rings. The quantitative estimate of drug-likeness (QED) is 0.872. The van der Waals surface area contributed by atoms with Crippen LogP contribution in [0.15, 0.2) is 29.5 Å². The first-order chi connectivity index (χ1) is 8.04. The molecule has 0 radical (unpaired) electrons. The normalized spacial score (nSPS) is 10.6. The topological polar surface area (TPSA) is 29.8 Å². The van der Waals surface area contributed by atoms with Crippen LogP contribution >= 0.6 is 15.9 Å². The summed E-state index contributed by atoms with van der Waals surface area (Å²) >= 11 is 3.43. The Morgan fingerprint density at radius 1 is 1.53 bits per heavy atom. The van der Waals surface area contributed by atoms with E-state index in [1.807, 2.05) is 31.3 Å². The summed E-state index contributed by atoms with van der Waals surface area (Å²) in [6.45, 7) is 4.05. The molecule has 0 N–H and O–H groups in total. The van der Waals surface area contributed by atoms with Crippen LogP contribution in [0, 0.1) is 0 Å². The molecule has 0 saturated heterocycles. The Kier molecular flexibility index (Phi) is 3.11. The zero-order valence-corrected chi connectivity index (χ0v) is 11.7. The van der Waals surface area contributed by atoms with Crippen molar-refractivity contribution in [3.8, 4) is 5.75 Å². The Morgan fingerprint density at radius 2 is 2.24 bits per heavy atom. The molecule has 2 rings (SSSR count). The Labute approximate surface area is 109 Å². The van der Waals surface area contributed by atoms with Crippen LogP contribution in [0.2, 0.25) is 0 Å². The van der Waals surface area contributed by atoms with E-state index in [2.05, 4.69) is 27.6 Å². The minimum atomic E-state index is 0.773. The SMILES string of the molecule is C=C(c1cnn2cc(Br)cc(OC)c12)N(C)C. The first-order valence-corrected chi connectivity index (χ1v) is 5.91. The van der Waals surface area contributed by atoms with E-state index in [1.54, 1.807) is 17.8 Å². The maximum atomic E-state index is 5.39. The summed E-state index contributed by atoms with van der Waals surface area (Å²) in [6.07, 6.45) is 3.69. The summed E-state index contributed by atoms with van der Waals surface area (Å²) in [5.41, 5.74) is 2.80. The number of methoxy groups -OCH3 is 1. The van der Waals surface area contributed by atoms with Gasteiger partial charge in [-0.3, -0.25) is 0 Å². The van der Waals surface area contributed by atoms with E-state index in [9.17, 15) is 0 Å². The van der Waals surface area contributed by atoms with Crippen molar-refractivity contribution in [3.63, 3.8) is 0 Å². The fourth-order valence-corrected chi connectivity index (χ4v) is 2.06. The molecule has 0 amide bonds. The predicted octanol–water partition coefficient (Wildman–Crippen LogP) is 2.64. The lowest BCUT2D eigenvalue weighted by molar-refractivity contribution is 0.417. The van der Waals surface area contributed by atoms with Crippen LogP contribution < -0.4 is 4.74 Å². The highest BCUT2D eigenvalue weighted by atomic mass is 79.9. The molecule has 0 aromatic carbocycles. The molecule has 0 fully saturated rings. The molecule has 2 aromatic heterocycles. The molecule has 0 aliphatic carbocycles. The smallest absolute Gasteiger partial charge is 0.146 e. The van der Waals surface area contributed by atoms with Crippen molar-refractivity contribution < 1.29 is 4.74 Å². The lowest BCUT2D eigenvalue weighted by Gasteiger charge is -2.15. The van der Waals surface area contributed by atoms with Crippen LogP contribution in [0.5, 0.6) is 5.75 Å². The molecule has 90 valence electrons. The van der Waals surface area contributed by atoms with Gasteiger partial charge >= 0.3 is 0 Å². The maximum Gasteiger partial charge on any atom is 0.146 e. The maximum absolute atomic E-state index is 5.39. The molecule has 0 unspecified atom stereocenters. The molecule has 5 heteroatoms. The van der Waals surface area contributed by atoms with Crippen molar-refractivity contribution >= 4 is 27.1 Å². The summed E-state index contributed by atoms with van der Waals surface area (Å²) in [5, 5.41) is 4.31. The zero-order chi connectivity index (χ0) is 12.6. The molecule has 2 heterocycles. The van der Waals surface area contributed by atoms with Gasteiger partial charge in [0.05, 0.1) is 13.3 Å².